The second kappa shape index (κ2) is 7.47. The van der Waals surface area contributed by atoms with Crippen molar-refractivity contribution in [3.05, 3.63) is 69.0 Å². The fraction of sp³-hybridized carbons (Fsp3) is 0.333. The van der Waals surface area contributed by atoms with Gasteiger partial charge in [-0.1, -0.05) is 0 Å². The van der Waals surface area contributed by atoms with Crippen molar-refractivity contribution < 1.29 is 8.78 Å². The molecule has 0 saturated carbocycles. The molecule has 0 bridgehead atoms. The molecule has 2 aliphatic rings. The van der Waals surface area contributed by atoms with E-state index in [1.165, 1.54) is 6.08 Å². The first-order valence-electron chi connectivity index (χ1n) is 8.15. The molecule has 0 fully saturated rings. The smallest absolute Gasteiger partial charge is 0.131 e. The lowest BCUT2D eigenvalue weighted by Gasteiger charge is -2.25. The van der Waals surface area contributed by atoms with E-state index in [-0.39, 0.29) is 23.6 Å². The van der Waals surface area contributed by atoms with Gasteiger partial charge in [0, 0.05) is 29.9 Å². The van der Waals surface area contributed by atoms with Gasteiger partial charge in [-0.2, -0.15) is 0 Å². The van der Waals surface area contributed by atoms with Crippen LogP contribution in [0.2, 0.25) is 0 Å². The van der Waals surface area contributed by atoms with Gasteiger partial charge in [-0.25, -0.2) is 13.8 Å². The van der Waals surface area contributed by atoms with Crippen LogP contribution in [0.1, 0.15) is 43.7 Å². The zero-order valence-electron chi connectivity index (χ0n) is 13.6. The van der Waals surface area contributed by atoms with Crippen LogP contribution in [0.15, 0.2) is 63.3 Å². The minimum Gasteiger partial charge on any atom is -0.401 e. The predicted molar refractivity (Wildman–Crippen MR) is 96.4 cm³/mol. The van der Waals surface area contributed by atoms with E-state index in [4.69, 9.17) is 11.5 Å². The van der Waals surface area contributed by atoms with Crippen LogP contribution >= 0.6 is 15.9 Å². The average Bonchev–Trinajstić information content (AvgIpc) is 2.56. The molecule has 25 heavy (non-hydrogen) atoms. The molecule has 132 valence electrons. The summed E-state index contributed by atoms with van der Waals surface area (Å²) in [6.07, 6.45) is 9.22. The van der Waals surface area contributed by atoms with E-state index in [0.29, 0.717) is 23.1 Å². The van der Waals surface area contributed by atoms with Gasteiger partial charge in [0.1, 0.15) is 16.3 Å². The van der Waals surface area contributed by atoms with Crippen LogP contribution in [0.4, 0.5) is 8.78 Å². The van der Waals surface area contributed by atoms with Crippen LogP contribution in [0.3, 0.4) is 0 Å². The predicted octanol–water partition coefficient (Wildman–Crippen LogP) is 4.43. The third kappa shape index (κ3) is 3.81. The maximum absolute atomic E-state index is 14.0. The lowest BCUT2D eigenvalue weighted by atomic mass is 9.84. The van der Waals surface area contributed by atoms with Gasteiger partial charge >= 0.3 is 0 Å². The largest absolute Gasteiger partial charge is 0.401 e. The van der Waals surface area contributed by atoms with Crippen molar-refractivity contribution in [2.45, 2.75) is 38.0 Å². The van der Waals surface area contributed by atoms with Crippen molar-refractivity contribution in [1.29, 1.82) is 0 Å². The normalized spacial score (nSPS) is 22.3. The Bertz CT molecular complexity index is 811. The summed E-state index contributed by atoms with van der Waals surface area (Å²) in [5.41, 5.74) is 14.4. The van der Waals surface area contributed by atoms with Crippen LogP contribution in [-0.4, -0.2) is 9.97 Å². The molecule has 1 atom stereocenters. The highest BCUT2D eigenvalue weighted by Crippen LogP contribution is 2.36. The second-order valence-corrected chi connectivity index (χ2v) is 6.97. The molecule has 0 radical (unpaired) electrons. The summed E-state index contributed by atoms with van der Waals surface area (Å²) in [7, 11) is 0. The molecule has 0 aliphatic heterocycles. The minimum atomic E-state index is -0.609. The van der Waals surface area contributed by atoms with Gasteiger partial charge < -0.3 is 11.5 Å². The van der Waals surface area contributed by atoms with E-state index in [9.17, 15) is 8.78 Å². The Morgan fingerprint density at radius 3 is 2.80 bits per heavy atom. The topological polar surface area (TPSA) is 77.8 Å². The molecule has 1 heterocycles. The summed E-state index contributed by atoms with van der Waals surface area (Å²) in [5.74, 6) is -1.21. The van der Waals surface area contributed by atoms with Crippen molar-refractivity contribution in [3.8, 4) is 0 Å². The van der Waals surface area contributed by atoms with Gasteiger partial charge in [-0.15, -0.1) is 0 Å². The van der Waals surface area contributed by atoms with Crippen LogP contribution in [0.25, 0.3) is 0 Å². The van der Waals surface area contributed by atoms with Gasteiger partial charge in [-0.3, -0.25) is 4.98 Å². The van der Waals surface area contributed by atoms with Crippen molar-refractivity contribution in [1.82, 2.24) is 9.97 Å². The van der Waals surface area contributed by atoms with E-state index in [1.807, 2.05) is 0 Å². The molecule has 4 N–H and O–H groups in total. The molecule has 1 aromatic rings. The van der Waals surface area contributed by atoms with Crippen molar-refractivity contribution >= 4 is 15.9 Å². The Labute approximate surface area is 153 Å². The maximum atomic E-state index is 14.0. The van der Waals surface area contributed by atoms with Crippen molar-refractivity contribution in [3.63, 3.8) is 0 Å². The molecule has 0 aromatic carbocycles. The van der Waals surface area contributed by atoms with Gasteiger partial charge in [0.05, 0.1) is 17.5 Å². The summed E-state index contributed by atoms with van der Waals surface area (Å²) in [6.45, 7) is 0. The second-order valence-electron chi connectivity index (χ2n) is 6.16. The summed E-state index contributed by atoms with van der Waals surface area (Å²) in [4.78, 5) is 8.56. The first kappa shape index (κ1) is 17.8. The van der Waals surface area contributed by atoms with E-state index in [1.54, 1.807) is 18.5 Å². The average molecular weight is 409 g/mol. The molecule has 7 heteroatoms. The summed E-state index contributed by atoms with van der Waals surface area (Å²) in [6, 6.07) is 0. The maximum Gasteiger partial charge on any atom is 0.131 e. The molecular weight excluding hydrogens is 390 g/mol. The van der Waals surface area contributed by atoms with E-state index in [2.05, 4.69) is 25.9 Å². The third-order valence-corrected chi connectivity index (χ3v) is 4.86. The fourth-order valence-electron chi connectivity index (χ4n) is 3.24. The number of allylic oxidation sites excluding steroid dienone is 6. The Hall–Kier alpha value is -2.02. The van der Waals surface area contributed by atoms with Crippen LogP contribution < -0.4 is 11.5 Å². The van der Waals surface area contributed by atoms with Crippen molar-refractivity contribution in [2.75, 3.05) is 0 Å². The summed E-state index contributed by atoms with van der Waals surface area (Å²) >= 11 is 3.31. The van der Waals surface area contributed by atoms with Crippen LogP contribution in [-0.2, 0) is 0 Å². The highest BCUT2D eigenvalue weighted by atomic mass is 79.9. The number of nitrogens with two attached hydrogens (primary N) is 2. The highest BCUT2D eigenvalue weighted by Gasteiger charge is 2.25. The molecule has 1 unspecified atom stereocenters. The molecule has 2 aliphatic carbocycles. The summed E-state index contributed by atoms with van der Waals surface area (Å²) in [5, 5.41) is 0. The van der Waals surface area contributed by atoms with E-state index < -0.39 is 11.7 Å². The lowest BCUT2D eigenvalue weighted by molar-refractivity contribution is 0.543. The number of rotatable bonds is 3. The molecule has 3 rings (SSSR count). The first-order chi connectivity index (χ1) is 12.0. The number of nitrogens with zero attached hydrogens (tertiary/aromatic N) is 2. The number of hydrogen-bond acceptors (Lipinski definition) is 4. The zero-order valence-corrected chi connectivity index (χ0v) is 15.2. The highest BCUT2D eigenvalue weighted by molar-refractivity contribution is 9.10. The monoisotopic (exact) mass is 408 g/mol. The lowest BCUT2D eigenvalue weighted by Crippen LogP contribution is -2.19. The van der Waals surface area contributed by atoms with Crippen LogP contribution in [0, 0.1) is 0 Å². The SMILES string of the molecule is NC1=C(/C=C(\N)C2=C(F)CCC=C2F)CCCC1c1cncc(Br)n1. The first-order valence-corrected chi connectivity index (χ1v) is 8.95. The van der Waals surface area contributed by atoms with Gasteiger partial charge in [-0.05, 0) is 59.3 Å². The van der Waals surface area contributed by atoms with Gasteiger partial charge in [0.15, 0.2) is 0 Å². The molecular formula is C18H19BrF2N4. The molecule has 0 spiro atoms. The summed E-state index contributed by atoms with van der Waals surface area (Å²) < 4.78 is 28.6. The molecule has 1 aromatic heterocycles. The number of aromatic nitrogens is 2. The third-order valence-electron chi connectivity index (χ3n) is 4.48. The van der Waals surface area contributed by atoms with Gasteiger partial charge in [0.2, 0.25) is 0 Å². The van der Waals surface area contributed by atoms with Crippen LogP contribution in [0.5, 0.6) is 0 Å². The standard InChI is InChI=1S/C18H19BrF2N4/c19-16-9-24-8-15(25-16)11-4-1-3-10(18(11)23)7-14(22)17-12(20)5-2-6-13(17)21/h5,7-9,11H,1-4,6,22-23H2/b14-7-. The van der Waals surface area contributed by atoms with E-state index in [0.717, 1.165) is 24.1 Å². The number of halogens is 3. The molecule has 4 nitrogen and oxygen atoms in total. The quantitative estimate of drug-likeness (QED) is 0.774. The Morgan fingerprint density at radius 2 is 2.08 bits per heavy atom. The molecule has 0 amide bonds. The van der Waals surface area contributed by atoms with Gasteiger partial charge in [0.25, 0.3) is 0 Å². The minimum absolute atomic E-state index is 0.0740. The fourth-order valence-corrected chi connectivity index (χ4v) is 3.57. The van der Waals surface area contributed by atoms with E-state index >= 15 is 0 Å². The zero-order chi connectivity index (χ0) is 18.0. The Balaban J connectivity index is 1.95. The van der Waals surface area contributed by atoms with Crippen molar-refractivity contribution in [2.24, 2.45) is 11.5 Å². The Kier molecular flexibility index (Phi) is 5.32. The molecule has 0 saturated heterocycles. The Morgan fingerprint density at radius 1 is 1.28 bits per heavy atom. The number of hydrogen-bond donors (Lipinski definition) is 2.